The van der Waals surface area contributed by atoms with Crippen LogP contribution < -0.4 is 0 Å². The van der Waals surface area contributed by atoms with Crippen LogP contribution in [0, 0.1) is 5.41 Å². The van der Waals surface area contributed by atoms with Gasteiger partial charge in [0, 0.05) is 0 Å². The van der Waals surface area contributed by atoms with E-state index in [2.05, 4.69) is 19.9 Å². The average molecular weight is 138 g/mol. The van der Waals surface area contributed by atoms with E-state index in [9.17, 15) is 0 Å². The van der Waals surface area contributed by atoms with Crippen molar-refractivity contribution in [1.82, 2.24) is 0 Å². The lowest BCUT2D eigenvalue weighted by Crippen LogP contribution is -2.11. The van der Waals surface area contributed by atoms with E-state index in [0.29, 0.717) is 5.41 Å². The van der Waals surface area contributed by atoms with Crippen molar-refractivity contribution in [3.05, 3.63) is 24.5 Å². The molecule has 0 amide bonds. The maximum Gasteiger partial charge on any atom is 0.0881 e. The van der Waals surface area contributed by atoms with Gasteiger partial charge in [-0.15, -0.1) is 0 Å². The molecule has 0 saturated carbocycles. The molecule has 0 N–H and O–H groups in total. The highest BCUT2D eigenvalue weighted by molar-refractivity contribution is 5.06. The fourth-order valence-electron chi connectivity index (χ4n) is 0.890. The molecule has 0 atom stereocenters. The first kappa shape index (κ1) is 7.39. The summed E-state index contributed by atoms with van der Waals surface area (Å²) in [4.78, 5) is 0. The van der Waals surface area contributed by atoms with Crippen molar-refractivity contribution >= 4 is 0 Å². The molecule has 0 fully saturated rings. The summed E-state index contributed by atoms with van der Waals surface area (Å²) >= 11 is 0. The molecule has 0 aromatic rings. The second kappa shape index (κ2) is 2.91. The topological polar surface area (TPSA) is 9.23 Å². The molecule has 0 saturated heterocycles. The lowest BCUT2D eigenvalue weighted by atomic mass is 9.89. The fourth-order valence-corrected chi connectivity index (χ4v) is 0.890. The Bertz CT molecular complexity index is 154. The molecule has 0 spiro atoms. The average Bonchev–Trinajstić information content (AvgIpc) is 1.81. The smallest absolute Gasteiger partial charge is 0.0881 e. The molecule has 10 heavy (non-hydrogen) atoms. The molecule has 1 heterocycles. The Balaban J connectivity index is 2.61. The Morgan fingerprint density at radius 2 is 2.10 bits per heavy atom. The highest BCUT2D eigenvalue weighted by Gasteiger charge is 2.13. The van der Waals surface area contributed by atoms with Gasteiger partial charge in [0.1, 0.15) is 0 Å². The van der Waals surface area contributed by atoms with Crippen LogP contribution in [0.1, 0.15) is 20.3 Å². The van der Waals surface area contributed by atoms with Crippen molar-refractivity contribution in [3.63, 3.8) is 0 Å². The van der Waals surface area contributed by atoms with E-state index in [4.69, 9.17) is 4.74 Å². The van der Waals surface area contributed by atoms with Crippen molar-refractivity contribution in [2.75, 3.05) is 6.61 Å². The van der Waals surface area contributed by atoms with Gasteiger partial charge >= 0.3 is 0 Å². The fraction of sp³-hybridized carbons (Fsp3) is 0.556. The molecule has 0 bridgehead atoms. The van der Waals surface area contributed by atoms with E-state index in [1.165, 1.54) is 0 Å². The van der Waals surface area contributed by atoms with Crippen LogP contribution in [0.4, 0.5) is 0 Å². The molecular formula is C9H14O. The second-order valence-electron chi connectivity index (χ2n) is 3.30. The van der Waals surface area contributed by atoms with Gasteiger partial charge in [-0.3, -0.25) is 0 Å². The zero-order valence-electron chi connectivity index (χ0n) is 6.63. The molecule has 0 unspecified atom stereocenters. The minimum absolute atomic E-state index is 0.296. The summed E-state index contributed by atoms with van der Waals surface area (Å²) in [6.07, 6.45) is 9.02. The van der Waals surface area contributed by atoms with E-state index in [-0.39, 0.29) is 0 Å². The van der Waals surface area contributed by atoms with Crippen molar-refractivity contribution in [2.45, 2.75) is 20.3 Å². The SMILES string of the molecule is CC1(C)/C=C\C=C/OCC1. The predicted octanol–water partition coefficient (Wildman–Crippen LogP) is 2.50. The second-order valence-corrected chi connectivity index (χ2v) is 3.30. The highest BCUT2D eigenvalue weighted by atomic mass is 16.5. The molecule has 1 aliphatic rings. The van der Waals surface area contributed by atoms with Gasteiger partial charge in [-0.2, -0.15) is 0 Å². The first-order valence-corrected chi connectivity index (χ1v) is 3.67. The molecule has 56 valence electrons. The molecule has 1 heteroatoms. The van der Waals surface area contributed by atoms with Crippen LogP contribution in [0.25, 0.3) is 0 Å². The quantitative estimate of drug-likeness (QED) is 0.499. The van der Waals surface area contributed by atoms with Gasteiger partial charge in [0.05, 0.1) is 12.9 Å². The minimum Gasteiger partial charge on any atom is -0.501 e. The largest absolute Gasteiger partial charge is 0.501 e. The first-order chi connectivity index (χ1) is 4.71. The first-order valence-electron chi connectivity index (χ1n) is 3.67. The van der Waals surface area contributed by atoms with E-state index < -0.39 is 0 Å². The highest BCUT2D eigenvalue weighted by Crippen LogP contribution is 2.22. The molecule has 1 aliphatic heterocycles. The zero-order chi connectivity index (χ0) is 7.45. The van der Waals surface area contributed by atoms with Gasteiger partial charge in [-0.1, -0.05) is 26.0 Å². The standard InChI is InChI=1S/C9H14O/c1-9(2)5-3-4-7-10-8-6-9/h3-5,7H,6,8H2,1-2H3/b5-3-,7-4-. The van der Waals surface area contributed by atoms with Crippen LogP contribution in [-0.2, 0) is 4.74 Å². The number of hydrogen-bond donors (Lipinski definition) is 0. The van der Waals surface area contributed by atoms with Gasteiger partial charge in [-0.05, 0) is 17.9 Å². The molecule has 1 nitrogen and oxygen atoms in total. The van der Waals surface area contributed by atoms with Crippen LogP contribution >= 0.6 is 0 Å². The molecule has 0 aliphatic carbocycles. The van der Waals surface area contributed by atoms with Crippen molar-refractivity contribution in [3.8, 4) is 0 Å². The van der Waals surface area contributed by atoms with Crippen molar-refractivity contribution in [1.29, 1.82) is 0 Å². The van der Waals surface area contributed by atoms with Gasteiger partial charge < -0.3 is 4.74 Å². The molecular weight excluding hydrogens is 124 g/mol. The summed E-state index contributed by atoms with van der Waals surface area (Å²) in [6.45, 7) is 5.26. The van der Waals surface area contributed by atoms with Gasteiger partial charge in [0.15, 0.2) is 0 Å². The number of allylic oxidation sites excluding steroid dienone is 3. The summed E-state index contributed by atoms with van der Waals surface area (Å²) in [6, 6.07) is 0. The van der Waals surface area contributed by atoms with Crippen LogP contribution in [0.5, 0.6) is 0 Å². The maximum atomic E-state index is 5.18. The van der Waals surface area contributed by atoms with Crippen molar-refractivity contribution < 1.29 is 4.74 Å². The molecule has 0 aromatic carbocycles. The van der Waals surface area contributed by atoms with Crippen LogP contribution in [-0.4, -0.2) is 6.61 Å². The van der Waals surface area contributed by atoms with Gasteiger partial charge in [-0.25, -0.2) is 0 Å². The Morgan fingerprint density at radius 3 is 2.90 bits per heavy atom. The Morgan fingerprint density at radius 1 is 1.30 bits per heavy atom. The third-order valence-electron chi connectivity index (χ3n) is 1.70. The zero-order valence-corrected chi connectivity index (χ0v) is 6.63. The lowest BCUT2D eigenvalue weighted by Gasteiger charge is -2.20. The maximum absolute atomic E-state index is 5.18. The van der Waals surface area contributed by atoms with Gasteiger partial charge in [0.2, 0.25) is 0 Å². The molecule has 0 aromatic heterocycles. The Hall–Kier alpha value is -0.720. The van der Waals surface area contributed by atoms with E-state index in [1.54, 1.807) is 6.26 Å². The Kier molecular flexibility index (Phi) is 2.15. The van der Waals surface area contributed by atoms with E-state index in [0.717, 1.165) is 13.0 Å². The van der Waals surface area contributed by atoms with Crippen LogP contribution in [0.15, 0.2) is 24.5 Å². The third kappa shape index (κ3) is 2.26. The predicted molar refractivity (Wildman–Crippen MR) is 42.6 cm³/mol. The van der Waals surface area contributed by atoms with Crippen LogP contribution in [0.3, 0.4) is 0 Å². The van der Waals surface area contributed by atoms with Crippen molar-refractivity contribution in [2.24, 2.45) is 5.41 Å². The molecule has 0 radical (unpaired) electrons. The lowest BCUT2D eigenvalue weighted by molar-refractivity contribution is 0.207. The summed E-state index contributed by atoms with van der Waals surface area (Å²) in [5.74, 6) is 0. The number of hydrogen-bond acceptors (Lipinski definition) is 1. The van der Waals surface area contributed by atoms with Crippen LogP contribution in [0.2, 0.25) is 0 Å². The summed E-state index contributed by atoms with van der Waals surface area (Å²) in [5, 5.41) is 0. The monoisotopic (exact) mass is 138 g/mol. The minimum atomic E-state index is 0.296. The van der Waals surface area contributed by atoms with E-state index >= 15 is 0 Å². The summed E-state index contributed by atoms with van der Waals surface area (Å²) in [7, 11) is 0. The summed E-state index contributed by atoms with van der Waals surface area (Å²) < 4.78 is 5.18. The summed E-state index contributed by atoms with van der Waals surface area (Å²) in [5.41, 5.74) is 0.296. The van der Waals surface area contributed by atoms with Gasteiger partial charge in [0.25, 0.3) is 0 Å². The number of ether oxygens (including phenoxy) is 1. The Labute approximate surface area is 62.4 Å². The normalized spacial score (nSPS) is 29.4. The third-order valence-corrected chi connectivity index (χ3v) is 1.70. The molecule has 1 rings (SSSR count). The number of rotatable bonds is 0. The van der Waals surface area contributed by atoms with E-state index in [1.807, 2.05) is 12.2 Å².